The summed E-state index contributed by atoms with van der Waals surface area (Å²) in [5.41, 5.74) is 3.51. The Labute approximate surface area is 697 Å². The van der Waals surface area contributed by atoms with E-state index < -0.39 is 17.5 Å². The molecule has 4 aliphatic rings. The van der Waals surface area contributed by atoms with Crippen LogP contribution in [0.4, 0.5) is 22.6 Å². The number of para-hydroxylation sites is 2. The predicted octanol–water partition coefficient (Wildman–Crippen LogP) is 9.49. The maximum absolute atomic E-state index is 14.1. The number of aliphatic imine (C=N–C) groups is 1. The Morgan fingerprint density at radius 2 is 1.36 bits per heavy atom. The summed E-state index contributed by atoms with van der Waals surface area (Å²) in [5.74, 6) is -0.0623. The molecule has 2 unspecified atom stereocenters. The summed E-state index contributed by atoms with van der Waals surface area (Å²) < 4.78 is 43.5. The summed E-state index contributed by atoms with van der Waals surface area (Å²) in [5, 5.41) is 31.0. The van der Waals surface area contributed by atoms with Gasteiger partial charge in [-0.1, -0.05) is 142 Å². The van der Waals surface area contributed by atoms with Gasteiger partial charge in [0.1, 0.15) is 18.1 Å². The number of hydrogen-bond donors (Lipinski definition) is 7. The molecule has 36 heteroatoms. The highest BCUT2D eigenvalue weighted by Gasteiger charge is 2.51. The van der Waals surface area contributed by atoms with Crippen molar-refractivity contribution in [1.29, 1.82) is 0 Å². The van der Waals surface area contributed by atoms with Gasteiger partial charge in [0, 0.05) is 106 Å². The number of aromatic nitrogens is 8. The molecule has 12 rings (SSSR count). The van der Waals surface area contributed by atoms with Gasteiger partial charge in [0.2, 0.25) is 35.2 Å². The van der Waals surface area contributed by atoms with Gasteiger partial charge in [-0.05, 0) is 85.7 Å². The summed E-state index contributed by atoms with van der Waals surface area (Å²) in [6.45, 7) is 10.6. The smallest absolute Gasteiger partial charge is 0.355 e. The Balaban J connectivity index is 0.507. The van der Waals surface area contributed by atoms with Crippen LogP contribution in [-0.4, -0.2) is 200 Å². The second kappa shape index (κ2) is 44.2. The fraction of sp³-hybridized carbons (Fsp3) is 0.444. The lowest BCUT2D eigenvalue weighted by molar-refractivity contribution is -0.189. The number of amides is 5. The molecular weight excluding hydrogens is 1600 g/mol. The molecule has 8 aromatic rings. The average Bonchev–Trinajstić information content (AvgIpc) is 1.70. The molecule has 0 bridgehead atoms. The Kier molecular flexibility index (Phi) is 32.8. The number of carbonyl (C=O) groups is 7. The molecule has 620 valence electrons. The number of carbonyl (C=O) groups excluding carboxylic acids is 7. The van der Waals surface area contributed by atoms with E-state index in [9.17, 15) is 38.4 Å². The first-order chi connectivity index (χ1) is 57.0. The van der Waals surface area contributed by atoms with Gasteiger partial charge < -0.3 is 74.9 Å². The topological polar surface area (TPSA) is 385 Å². The second-order valence-electron chi connectivity index (χ2n) is 28.0. The Morgan fingerprint density at radius 1 is 0.701 bits per heavy atom. The largest absolute Gasteiger partial charge is 0.457 e. The summed E-state index contributed by atoms with van der Waals surface area (Å²) >= 11 is 1.78. The van der Waals surface area contributed by atoms with E-state index in [-0.39, 0.29) is 126 Å². The monoisotopic (exact) mass is 1690 g/mol. The van der Waals surface area contributed by atoms with Gasteiger partial charge in [0.15, 0.2) is 0 Å². The van der Waals surface area contributed by atoms with E-state index in [1.54, 1.807) is 90.9 Å². The van der Waals surface area contributed by atoms with E-state index in [1.807, 2.05) is 104 Å². The molecule has 5 amide bonds. The highest BCUT2D eigenvalue weighted by Crippen LogP contribution is 2.44. The van der Waals surface area contributed by atoms with Crippen LogP contribution >= 0.6 is 54.9 Å². The quantitative estimate of drug-likeness (QED) is 0.00466. The van der Waals surface area contributed by atoms with Crippen molar-refractivity contribution in [3.63, 3.8) is 0 Å². The van der Waals surface area contributed by atoms with E-state index in [4.69, 9.17) is 38.1 Å². The molecule has 31 nitrogen and oxygen atoms in total. The highest BCUT2D eigenvalue weighted by molar-refractivity contribution is 8.77. The van der Waals surface area contributed by atoms with E-state index in [0.29, 0.717) is 164 Å². The van der Waals surface area contributed by atoms with Crippen molar-refractivity contribution >= 4 is 132 Å². The van der Waals surface area contributed by atoms with Crippen molar-refractivity contribution in [2.24, 2.45) is 4.99 Å². The van der Waals surface area contributed by atoms with Crippen molar-refractivity contribution in [2.75, 3.05) is 95.4 Å². The number of cyclic esters (lactones) is 1. The third-order valence-corrected chi connectivity index (χ3v) is 27.0. The standard InChI is InChI=1S/C81H96N16O15S5/c1-4-81(61-46-64-73-57(43-54-15-8-11-20-62(54)88-73)48-97(64)75(103)60(61)50-110-76(81)104)112-72(102)45-56-17-10-13-22-66(56)117-115-53(3)24-27-69(99)84-32-36-107-39-41-109-42-40-108-38-34-96-49-58(94-95-96)47-87-79-92-77(91-78(93-79)86-33-37-106-35-14-29-82-70(100)28-25-67-74-63(51-113-67)89-80(105)90-74)85-31-30-83-68(98)26-23-52(2)114-116-65-21-12-9-16-55(65)44-71(101)111-59-18-6-5-7-19-59/h5-13,15-22,33,43,46,49,52-53,63,67,74H,4,14,23-32,34-42,44-45,47-48,50-51H2,1-3H3,(H,82,100)(H,83,98)(H,84,99)(H2,89,90,105)(H2,85,87,91,92,93)/t52?,53?,63-,67-,74-,81-/m0/s1. The third kappa shape index (κ3) is 25.4. The first-order valence-electron chi connectivity index (χ1n) is 39.1. The van der Waals surface area contributed by atoms with Crippen LogP contribution in [0.3, 0.4) is 0 Å². The second-order valence-corrected chi connectivity index (χ2v) is 34.6. The number of ether oxygens (including phenoxy) is 7. The van der Waals surface area contributed by atoms with Gasteiger partial charge in [-0.15, -0.1) is 5.10 Å². The predicted molar refractivity (Wildman–Crippen MR) is 451 cm³/mol. The summed E-state index contributed by atoms with van der Waals surface area (Å²) in [6.07, 6.45) is 6.91. The number of hydrogen-bond acceptors (Lipinski definition) is 29. The first-order valence-corrected chi connectivity index (χ1v) is 44.6. The molecule has 8 heterocycles. The number of nitrogens with one attached hydrogen (secondary N) is 7. The number of rotatable bonds is 48. The molecule has 117 heavy (non-hydrogen) atoms. The van der Waals surface area contributed by atoms with Crippen LogP contribution in [0.5, 0.6) is 5.75 Å². The third-order valence-electron chi connectivity index (χ3n) is 19.3. The van der Waals surface area contributed by atoms with Crippen LogP contribution in [-0.2, 0) is 102 Å². The van der Waals surface area contributed by atoms with Crippen LogP contribution in [0.1, 0.15) is 106 Å². The SMILES string of the molecule is CC[C@@]1(OC(=O)Cc2ccccc2SSC(C)CCC(=O)NCCOCCOCCOCCn2cc(CNc3nc(N=CCOCCCNC(=O)CC[C@@H]4SC[C@@H]5NC(=O)N[C@@H]54)nc(NCCNC(=O)CCC(C)SSc4ccccc4CC(=O)Oc4ccccc4)n3)nn2)C(=O)OCc2c1cc1n(c2=O)Cc2cc3ccccc3nc2-1. The fourth-order valence-electron chi connectivity index (χ4n) is 13.2. The van der Waals surface area contributed by atoms with Gasteiger partial charge in [-0.2, -0.15) is 26.7 Å². The zero-order chi connectivity index (χ0) is 81.7. The first kappa shape index (κ1) is 86.7. The molecule has 4 aromatic carbocycles. The summed E-state index contributed by atoms with van der Waals surface area (Å²) in [7, 11) is 6.30. The molecule has 4 aliphatic heterocycles. The normalized spacial score (nSPS) is 16.9. The zero-order valence-electron chi connectivity index (χ0n) is 65.3. The van der Waals surface area contributed by atoms with Crippen LogP contribution in [0.25, 0.3) is 22.3 Å². The fourth-order valence-corrected chi connectivity index (χ4v) is 19.6. The van der Waals surface area contributed by atoms with Crippen LogP contribution in [0, 0.1) is 0 Å². The van der Waals surface area contributed by atoms with Gasteiger partial charge in [0.05, 0.1) is 119 Å². The van der Waals surface area contributed by atoms with Gasteiger partial charge >= 0.3 is 23.9 Å². The number of esters is 3. The summed E-state index contributed by atoms with van der Waals surface area (Å²) in [4.78, 5) is 129. The van der Waals surface area contributed by atoms with Crippen molar-refractivity contribution < 1.29 is 66.7 Å². The Bertz CT molecular complexity index is 4840. The maximum atomic E-state index is 14.1. The molecule has 2 fully saturated rings. The number of thioether (sulfide) groups is 1. The molecule has 0 saturated carbocycles. The Hall–Kier alpha value is -9.66. The molecule has 0 aliphatic carbocycles. The van der Waals surface area contributed by atoms with Crippen molar-refractivity contribution in [3.05, 3.63) is 165 Å². The summed E-state index contributed by atoms with van der Waals surface area (Å²) in [6, 6.07) is 35.7. The van der Waals surface area contributed by atoms with Crippen LogP contribution in [0.2, 0.25) is 0 Å². The zero-order valence-corrected chi connectivity index (χ0v) is 69.4. The van der Waals surface area contributed by atoms with Gasteiger partial charge in [-0.25, -0.2) is 24.2 Å². The van der Waals surface area contributed by atoms with Crippen molar-refractivity contribution in [1.82, 2.24) is 66.1 Å². The molecule has 7 N–H and O–H groups in total. The number of pyridine rings is 2. The molecule has 4 aromatic heterocycles. The number of urea groups is 1. The lowest BCUT2D eigenvalue weighted by Gasteiger charge is -2.35. The molecule has 0 spiro atoms. The molecule has 6 atom stereocenters. The van der Waals surface area contributed by atoms with E-state index in [0.717, 1.165) is 37.6 Å². The Morgan fingerprint density at radius 3 is 2.10 bits per heavy atom. The van der Waals surface area contributed by atoms with Crippen LogP contribution in [0.15, 0.2) is 141 Å². The minimum atomic E-state index is -1.83. The minimum absolute atomic E-state index is 0.0408. The van der Waals surface area contributed by atoms with Crippen molar-refractivity contribution in [2.45, 2.75) is 154 Å². The van der Waals surface area contributed by atoms with E-state index >= 15 is 0 Å². The maximum Gasteiger partial charge on any atom is 0.355 e. The highest BCUT2D eigenvalue weighted by atomic mass is 33.1. The molecule has 0 radical (unpaired) electrons. The average molecular weight is 1690 g/mol. The van der Waals surface area contributed by atoms with Gasteiger partial charge in [0.25, 0.3) is 11.5 Å². The van der Waals surface area contributed by atoms with E-state index in [2.05, 4.69) is 74.4 Å². The number of fused-ring (bicyclic) bond motifs is 6. The van der Waals surface area contributed by atoms with E-state index in [1.165, 1.54) is 10.8 Å². The minimum Gasteiger partial charge on any atom is -0.457 e. The molecule has 2 saturated heterocycles. The lowest BCUT2D eigenvalue weighted by atomic mass is 9.85. The van der Waals surface area contributed by atoms with Crippen molar-refractivity contribution in [3.8, 4) is 17.1 Å². The number of benzene rings is 4. The number of anilines is 2. The molecular formula is C81H96N16O15S5. The van der Waals surface area contributed by atoms with Crippen LogP contribution < -0.4 is 47.5 Å². The lowest BCUT2D eigenvalue weighted by Crippen LogP contribution is -2.47. The number of nitrogens with zero attached hydrogens (tertiary/aromatic N) is 9. The van der Waals surface area contributed by atoms with Gasteiger partial charge in [-0.3, -0.25) is 28.8 Å².